The molecule has 0 fully saturated rings. The first-order chi connectivity index (χ1) is 15.2. The second-order valence-electron chi connectivity index (χ2n) is 7.55. The molecular weight excluding hydrogens is 456 g/mol. The quantitative estimate of drug-likeness (QED) is 0.464. The average Bonchev–Trinajstić information content (AvgIpc) is 3.08. The van der Waals surface area contributed by atoms with Crippen LogP contribution in [0.1, 0.15) is 29.3 Å². The van der Waals surface area contributed by atoms with E-state index in [1.54, 1.807) is 24.3 Å². The lowest BCUT2D eigenvalue weighted by Crippen LogP contribution is -2.57. The fourth-order valence-corrected chi connectivity index (χ4v) is 3.60. The summed E-state index contributed by atoms with van der Waals surface area (Å²) in [6.07, 6.45) is -11.6. The number of H-pyrrole nitrogens is 1. The van der Waals surface area contributed by atoms with E-state index in [1.807, 2.05) is 0 Å². The van der Waals surface area contributed by atoms with Gasteiger partial charge in [-0.05, 0) is 29.8 Å². The van der Waals surface area contributed by atoms with Crippen molar-refractivity contribution in [2.24, 2.45) is 0 Å². The van der Waals surface area contributed by atoms with Crippen LogP contribution in [-0.2, 0) is 34.8 Å². The number of halogens is 6. The van der Waals surface area contributed by atoms with Gasteiger partial charge in [0, 0.05) is 25.2 Å². The number of hydrogen-bond acceptors (Lipinski definition) is 3. The number of amides is 1. The van der Waals surface area contributed by atoms with E-state index >= 15 is 0 Å². The van der Waals surface area contributed by atoms with Gasteiger partial charge < -0.3 is 10.4 Å². The Bertz CT molecular complexity index is 1170. The number of fused-ring (bicyclic) bond motifs is 1. The van der Waals surface area contributed by atoms with E-state index in [0.29, 0.717) is 23.0 Å². The maximum atomic E-state index is 13.2. The Morgan fingerprint density at radius 3 is 2.06 bits per heavy atom. The summed E-state index contributed by atoms with van der Waals surface area (Å²) in [7, 11) is 0. The molecule has 33 heavy (non-hydrogen) atoms. The number of benzene rings is 2. The van der Waals surface area contributed by atoms with Gasteiger partial charge in [-0.25, -0.2) is 4.79 Å². The molecule has 1 aromatic heterocycles. The predicted octanol–water partition coefficient (Wildman–Crippen LogP) is 4.35. The summed E-state index contributed by atoms with van der Waals surface area (Å²) in [6.45, 7) is 0.994. The largest absolute Gasteiger partial charge is 0.479 e. The highest BCUT2D eigenvalue weighted by molar-refractivity contribution is 5.88. The first-order valence-electron chi connectivity index (χ1n) is 9.44. The molecule has 3 rings (SSSR count). The van der Waals surface area contributed by atoms with E-state index < -0.39 is 59.3 Å². The molecule has 0 saturated carbocycles. The van der Waals surface area contributed by atoms with Crippen molar-refractivity contribution in [2.75, 3.05) is 0 Å². The van der Waals surface area contributed by atoms with Crippen LogP contribution in [-0.4, -0.2) is 32.7 Å². The predicted molar refractivity (Wildman–Crippen MR) is 104 cm³/mol. The second-order valence-corrected chi connectivity index (χ2v) is 7.55. The number of aromatic amines is 1. The number of hydrogen-bond donors (Lipinski definition) is 3. The molecule has 0 saturated heterocycles. The topological polar surface area (TPSA) is 95.1 Å². The van der Waals surface area contributed by atoms with Crippen molar-refractivity contribution in [1.82, 2.24) is 15.5 Å². The van der Waals surface area contributed by atoms with Crippen molar-refractivity contribution in [3.05, 3.63) is 64.8 Å². The number of para-hydroxylation sites is 1. The molecule has 1 amide bonds. The molecule has 0 radical (unpaired) electrons. The molecule has 1 heterocycles. The molecule has 0 spiro atoms. The Balaban J connectivity index is 2.14. The first kappa shape index (κ1) is 24.1. The lowest BCUT2D eigenvalue weighted by Gasteiger charge is -2.30. The summed E-state index contributed by atoms with van der Waals surface area (Å²) >= 11 is 0. The van der Waals surface area contributed by atoms with Gasteiger partial charge in [0.1, 0.15) is 5.54 Å². The van der Waals surface area contributed by atoms with Gasteiger partial charge in [-0.2, -0.15) is 31.4 Å². The number of nitrogens with one attached hydrogen (secondary N) is 2. The molecule has 0 aliphatic heterocycles. The molecular formula is C21H17F6N3O3. The minimum atomic E-state index is -5.10. The van der Waals surface area contributed by atoms with Crippen molar-refractivity contribution in [2.45, 2.75) is 37.7 Å². The van der Waals surface area contributed by atoms with Gasteiger partial charge in [-0.15, -0.1) is 0 Å². The number of carbonyl (C=O) groups is 2. The second kappa shape index (κ2) is 8.41. The van der Waals surface area contributed by atoms with Gasteiger partial charge in [0.2, 0.25) is 5.91 Å². The molecule has 176 valence electrons. The van der Waals surface area contributed by atoms with Crippen LogP contribution in [0.4, 0.5) is 26.3 Å². The minimum Gasteiger partial charge on any atom is -0.479 e. The van der Waals surface area contributed by atoms with E-state index in [2.05, 4.69) is 15.5 Å². The lowest BCUT2D eigenvalue weighted by molar-refractivity contribution is -0.147. The van der Waals surface area contributed by atoms with Gasteiger partial charge in [-0.3, -0.25) is 9.89 Å². The van der Waals surface area contributed by atoms with E-state index in [9.17, 15) is 41.0 Å². The molecule has 12 heteroatoms. The number of carboxylic acid groups (broad SMARTS) is 1. The first-order valence-corrected chi connectivity index (χ1v) is 9.44. The van der Waals surface area contributed by atoms with Crippen LogP contribution in [0.3, 0.4) is 0 Å². The van der Waals surface area contributed by atoms with Gasteiger partial charge in [0.15, 0.2) is 0 Å². The van der Waals surface area contributed by atoms with Crippen LogP contribution in [0.2, 0.25) is 0 Å². The zero-order valence-corrected chi connectivity index (χ0v) is 16.9. The smallest absolute Gasteiger partial charge is 0.416 e. The average molecular weight is 473 g/mol. The number of carboxylic acids is 1. The molecule has 6 nitrogen and oxygen atoms in total. The van der Waals surface area contributed by atoms with Crippen molar-refractivity contribution in [3.8, 4) is 0 Å². The minimum absolute atomic E-state index is 0.0500. The zero-order valence-electron chi connectivity index (χ0n) is 16.9. The van der Waals surface area contributed by atoms with Crippen LogP contribution >= 0.6 is 0 Å². The third kappa shape index (κ3) is 5.26. The number of aromatic nitrogens is 2. The van der Waals surface area contributed by atoms with Crippen LogP contribution in [0.25, 0.3) is 10.9 Å². The molecule has 0 aliphatic carbocycles. The Kier molecular flexibility index (Phi) is 6.14. The molecule has 1 unspecified atom stereocenters. The molecule has 0 aliphatic rings. The molecule has 2 aromatic carbocycles. The van der Waals surface area contributed by atoms with Crippen molar-refractivity contribution >= 4 is 22.8 Å². The lowest BCUT2D eigenvalue weighted by atomic mass is 9.84. The summed E-state index contributed by atoms with van der Waals surface area (Å²) in [4.78, 5) is 24.1. The fraction of sp³-hybridized carbons (Fsp3) is 0.286. The van der Waals surface area contributed by atoms with Crippen molar-refractivity contribution in [3.63, 3.8) is 0 Å². The fourth-order valence-electron chi connectivity index (χ4n) is 3.60. The standard InChI is InChI=1S/C21H17F6N3O3/c1-11(31)28-19(18(32)33,10-17-15-4-2-3-5-16(15)29-30-17)9-12-6-13(20(22,23)24)8-14(7-12)21(25,26)27/h2-8H,9-10H2,1H3,(H,28,31)(H,29,30)(H,32,33). The summed E-state index contributed by atoms with van der Waals surface area (Å²) in [5.74, 6) is -2.48. The third-order valence-electron chi connectivity index (χ3n) is 5.00. The Labute approximate surface area is 182 Å². The molecule has 3 aromatic rings. The van der Waals surface area contributed by atoms with E-state index in [-0.39, 0.29) is 11.8 Å². The number of carbonyl (C=O) groups excluding carboxylic acids is 1. The molecule has 3 N–H and O–H groups in total. The highest BCUT2D eigenvalue weighted by Gasteiger charge is 2.43. The SMILES string of the molecule is CC(=O)NC(Cc1cc(C(F)(F)F)cc(C(F)(F)F)c1)(Cc1n[nH]c2ccccc12)C(=O)O. The number of aliphatic carboxylic acids is 1. The number of rotatable bonds is 6. The van der Waals surface area contributed by atoms with Crippen LogP contribution in [0.15, 0.2) is 42.5 Å². The van der Waals surface area contributed by atoms with Crippen molar-refractivity contribution < 1.29 is 41.0 Å². The number of alkyl halides is 6. The highest BCUT2D eigenvalue weighted by atomic mass is 19.4. The van der Waals surface area contributed by atoms with Crippen molar-refractivity contribution in [1.29, 1.82) is 0 Å². The Morgan fingerprint density at radius 2 is 1.55 bits per heavy atom. The van der Waals surface area contributed by atoms with Crippen LogP contribution < -0.4 is 5.32 Å². The normalized spacial score (nSPS) is 14.2. The van der Waals surface area contributed by atoms with Gasteiger partial charge in [0.05, 0.1) is 22.3 Å². The van der Waals surface area contributed by atoms with E-state index in [4.69, 9.17) is 0 Å². The molecule has 1 atom stereocenters. The Hall–Kier alpha value is -3.57. The number of nitrogens with zero attached hydrogens (tertiary/aromatic N) is 1. The zero-order chi connectivity index (χ0) is 24.6. The third-order valence-corrected chi connectivity index (χ3v) is 5.00. The van der Waals surface area contributed by atoms with Gasteiger partial charge in [0.25, 0.3) is 0 Å². The molecule has 0 bridgehead atoms. The summed E-state index contributed by atoms with van der Waals surface area (Å²) in [5, 5.41) is 19.4. The van der Waals surface area contributed by atoms with Crippen LogP contribution in [0.5, 0.6) is 0 Å². The van der Waals surface area contributed by atoms with Gasteiger partial charge >= 0.3 is 18.3 Å². The van der Waals surface area contributed by atoms with E-state index in [1.165, 1.54) is 0 Å². The summed E-state index contributed by atoms with van der Waals surface area (Å²) in [5.41, 5.74) is -5.29. The summed E-state index contributed by atoms with van der Waals surface area (Å²) < 4.78 is 79.5. The summed E-state index contributed by atoms with van der Waals surface area (Å²) in [6, 6.07) is 7.42. The maximum absolute atomic E-state index is 13.2. The van der Waals surface area contributed by atoms with Gasteiger partial charge in [-0.1, -0.05) is 18.2 Å². The van der Waals surface area contributed by atoms with E-state index in [0.717, 1.165) is 6.92 Å². The highest BCUT2D eigenvalue weighted by Crippen LogP contribution is 2.37. The van der Waals surface area contributed by atoms with Crippen LogP contribution in [0, 0.1) is 0 Å². The maximum Gasteiger partial charge on any atom is 0.416 e. The monoisotopic (exact) mass is 473 g/mol. The Morgan fingerprint density at radius 1 is 0.970 bits per heavy atom.